The lowest BCUT2D eigenvalue weighted by atomic mass is 9.97. The van der Waals surface area contributed by atoms with Crippen LogP contribution in [0.3, 0.4) is 0 Å². The Morgan fingerprint density at radius 1 is 0.857 bits per heavy atom. The summed E-state index contributed by atoms with van der Waals surface area (Å²) in [6, 6.07) is 25.5. The molecule has 1 unspecified atom stereocenters. The standard InChI is InChI=1S/C24H19NO3/c1-16-11-13-18(14-12-16)23(17-7-3-2-4-8-17)25-24(27)22-15-20(26)19-9-5-6-10-21(19)28-22/h2-15,23H,1H3,(H,25,27). The molecule has 1 amide bonds. The number of amides is 1. The van der Waals surface area contributed by atoms with Gasteiger partial charge in [0.1, 0.15) is 5.58 Å². The molecule has 0 aliphatic carbocycles. The molecule has 0 aliphatic rings. The summed E-state index contributed by atoms with van der Waals surface area (Å²) in [6.45, 7) is 2.02. The Balaban J connectivity index is 1.71. The summed E-state index contributed by atoms with van der Waals surface area (Å²) in [6.07, 6.45) is 0. The molecule has 0 radical (unpaired) electrons. The minimum Gasteiger partial charge on any atom is -0.451 e. The van der Waals surface area contributed by atoms with E-state index in [1.807, 2.05) is 61.5 Å². The van der Waals surface area contributed by atoms with Crippen LogP contribution in [0.15, 0.2) is 94.1 Å². The number of fused-ring (bicyclic) bond motifs is 1. The number of carbonyl (C=O) groups is 1. The van der Waals surface area contributed by atoms with Crippen LogP contribution in [0.1, 0.15) is 33.3 Å². The maximum atomic E-state index is 12.9. The first kappa shape index (κ1) is 17.7. The number of benzene rings is 3. The number of carbonyl (C=O) groups excluding carboxylic acids is 1. The topological polar surface area (TPSA) is 59.3 Å². The molecule has 1 atom stereocenters. The Hall–Kier alpha value is -3.66. The van der Waals surface area contributed by atoms with Gasteiger partial charge in [0, 0.05) is 6.07 Å². The van der Waals surface area contributed by atoms with E-state index in [4.69, 9.17) is 4.42 Å². The molecular weight excluding hydrogens is 350 g/mol. The zero-order valence-corrected chi connectivity index (χ0v) is 15.4. The van der Waals surface area contributed by atoms with Gasteiger partial charge in [-0.15, -0.1) is 0 Å². The van der Waals surface area contributed by atoms with Crippen LogP contribution in [0.2, 0.25) is 0 Å². The van der Waals surface area contributed by atoms with Gasteiger partial charge in [0.05, 0.1) is 11.4 Å². The summed E-state index contributed by atoms with van der Waals surface area (Å²) in [5.74, 6) is -0.436. The van der Waals surface area contributed by atoms with E-state index in [1.165, 1.54) is 6.07 Å². The van der Waals surface area contributed by atoms with Gasteiger partial charge in [-0.3, -0.25) is 9.59 Å². The first-order valence-corrected chi connectivity index (χ1v) is 9.07. The maximum absolute atomic E-state index is 12.9. The van der Waals surface area contributed by atoms with Crippen LogP contribution in [0.4, 0.5) is 0 Å². The Kier molecular flexibility index (Phi) is 4.77. The maximum Gasteiger partial charge on any atom is 0.287 e. The molecule has 138 valence electrons. The molecule has 3 aromatic carbocycles. The first-order chi connectivity index (χ1) is 13.6. The first-order valence-electron chi connectivity index (χ1n) is 9.07. The second-order valence-corrected chi connectivity index (χ2v) is 6.70. The van der Waals surface area contributed by atoms with Gasteiger partial charge in [0.2, 0.25) is 0 Å². The summed E-state index contributed by atoms with van der Waals surface area (Å²) in [4.78, 5) is 25.2. The number of hydrogen-bond donors (Lipinski definition) is 1. The number of para-hydroxylation sites is 1. The quantitative estimate of drug-likeness (QED) is 0.571. The van der Waals surface area contributed by atoms with Crippen molar-refractivity contribution >= 4 is 16.9 Å². The predicted octanol–water partition coefficient (Wildman–Crippen LogP) is 4.62. The Morgan fingerprint density at radius 2 is 1.50 bits per heavy atom. The van der Waals surface area contributed by atoms with E-state index in [9.17, 15) is 9.59 Å². The highest BCUT2D eigenvalue weighted by Gasteiger charge is 2.20. The molecule has 0 aliphatic heterocycles. The molecule has 4 nitrogen and oxygen atoms in total. The van der Waals surface area contributed by atoms with Crippen molar-refractivity contribution in [2.24, 2.45) is 0 Å². The van der Waals surface area contributed by atoms with Crippen LogP contribution < -0.4 is 10.7 Å². The number of hydrogen-bond acceptors (Lipinski definition) is 3. The number of aryl methyl sites for hydroxylation is 1. The van der Waals surface area contributed by atoms with Crippen LogP contribution >= 0.6 is 0 Å². The van der Waals surface area contributed by atoms with Gasteiger partial charge in [-0.05, 0) is 30.2 Å². The summed E-state index contributed by atoms with van der Waals surface area (Å²) >= 11 is 0. The molecule has 4 heteroatoms. The average Bonchev–Trinajstić information content (AvgIpc) is 2.73. The molecule has 0 saturated heterocycles. The van der Waals surface area contributed by atoms with Crippen molar-refractivity contribution < 1.29 is 9.21 Å². The Labute approximate surface area is 162 Å². The van der Waals surface area contributed by atoms with Gasteiger partial charge < -0.3 is 9.73 Å². The van der Waals surface area contributed by atoms with Crippen LogP contribution in [-0.4, -0.2) is 5.91 Å². The molecule has 0 spiro atoms. The Bertz CT molecular complexity index is 1180. The minimum atomic E-state index is -0.433. The predicted molar refractivity (Wildman–Crippen MR) is 109 cm³/mol. The highest BCUT2D eigenvalue weighted by Crippen LogP contribution is 2.23. The largest absolute Gasteiger partial charge is 0.451 e. The van der Waals surface area contributed by atoms with Crippen molar-refractivity contribution in [1.82, 2.24) is 5.32 Å². The van der Waals surface area contributed by atoms with E-state index in [0.29, 0.717) is 11.0 Å². The summed E-state index contributed by atoms with van der Waals surface area (Å²) in [5, 5.41) is 3.46. The van der Waals surface area contributed by atoms with Crippen molar-refractivity contribution in [3.05, 3.63) is 118 Å². The fourth-order valence-electron chi connectivity index (χ4n) is 3.18. The molecular formula is C24H19NO3. The minimum absolute atomic E-state index is 0.00302. The van der Waals surface area contributed by atoms with E-state index in [-0.39, 0.29) is 17.2 Å². The molecule has 1 aromatic heterocycles. The molecule has 0 bridgehead atoms. The molecule has 1 N–H and O–H groups in total. The van der Waals surface area contributed by atoms with Crippen molar-refractivity contribution in [3.63, 3.8) is 0 Å². The fourth-order valence-corrected chi connectivity index (χ4v) is 3.18. The van der Waals surface area contributed by atoms with E-state index in [1.54, 1.807) is 24.3 Å². The second kappa shape index (κ2) is 7.53. The normalized spacial score (nSPS) is 11.9. The van der Waals surface area contributed by atoms with Gasteiger partial charge in [-0.2, -0.15) is 0 Å². The van der Waals surface area contributed by atoms with Crippen LogP contribution in [0.5, 0.6) is 0 Å². The zero-order chi connectivity index (χ0) is 19.5. The third kappa shape index (κ3) is 3.58. The van der Waals surface area contributed by atoms with Gasteiger partial charge in [0.15, 0.2) is 11.2 Å². The monoisotopic (exact) mass is 369 g/mol. The van der Waals surface area contributed by atoms with E-state index in [2.05, 4.69) is 5.32 Å². The molecule has 0 fully saturated rings. The van der Waals surface area contributed by atoms with Crippen molar-refractivity contribution in [1.29, 1.82) is 0 Å². The van der Waals surface area contributed by atoms with E-state index < -0.39 is 5.91 Å². The van der Waals surface area contributed by atoms with E-state index >= 15 is 0 Å². The van der Waals surface area contributed by atoms with Gasteiger partial charge in [0.25, 0.3) is 5.91 Å². The summed E-state index contributed by atoms with van der Waals surface area (Å²) in [7, 11) is 0. The summed E-state index contributed by atoms with van der Waals surface area (Å²) < 4.78 is 5.68. The SMILES string of the molecule is Cc1ccc(C(NC(=O)c2cc(=O)c3ccccc3o2)c2ccccc2)cc1. The molecule has 1 heterocycles. The molecule has 0 saturated carbocycles. The molecule has 4 aromatic rings. The van der Waals surface area contributed by atoms with Crippen LogP contribution in [-0.2, 0) is 0 Å². The lowest BCUT2D eigenvalue weighted by Crippen LogP contribution is -2.30. The second-order valence-electron chi connectivity index (χ2n) is 6.70. The molecule has 28 heavy (non-hydrogen) atoms. The highest BCUT2D eigenvalue weighted by molar-refractivity contribution is 5.93. The van der Waals surface area contributed by atoms with Gasteiger partial charge >= 0.3 is 0 Å². The van der Waals surface area contributed by atoms with E-state index in [0.717, 1.165) is 16.7 Å². The van der Waals surface area contributed by atoms with Crippen molar-refractivity contribution in [3.8, 4) is 0 Å². The lowest BCUT2D eigenvalue weighted by Gasteiger charge is -2.20. The van der Waals surface area contributed by atoms with Crippen LogP contribution in [0, 0.1) is 6.92 Å². The Morgan fingerprint density at radius 3 is 2.25 bits per heavy atom. The van der Waals surface area contributed by atoms with Crippen molar-refractivity contribution in [2.75, 3.05) is 0 Å². The smallest absolute Gasteiger partial charge is 0.287 e. The number of nitrogens with one attached hydrogen (secondary N) is 1. The van der Waals surface area contributed by atoms with Crippen molar-refractivity contribution in [2.45, 2.75) is 13.0 Å². The fraction of sp³-hybridized carbons (Fsp3) is 0.0833. The highest BCUT2D eigenvalue weighted by atomic mass is 16.3. The summed E-state index contributed by atoms with van der Waals surface area (Å²) in [5.41, 5.74) is 3.20. The van der Waals surface area contributed by atoms with Gasteiger partial charge in [-0.25, -0.2) is 0 Å². The van der Waals surface area contributed by atoms with Crippen LogP contribution in [0.25, 0.3) is 11.0 Å². The average molecular weight is 369 g/mol. The lowest BCUT2D eigenvalue weighted by molar-refractivity contribution is 0.0915. The van der Waals surface area contributed by atoms with Gasteiger partial charge in [-0.1, -0.05) is 72.3 Å². The zero-order valence-electron chi connectivity index (χ0n) is 15.4. The third-order valence-corrected chi connectivity index (χ3v) is 4.68. The molecule has 4 rings (SSSR count). The third-order valence-electron chi connectivity index (χ3n) is 4.68. The number of rotatable bonds is 4.